The number of aliphatic hydroxyl groups is 1. The molecule has 0 aliphatic heterocycles. The Labute approximate surface area is 166 Å². The molecule has 27 heavy (non-hydrogen) atoms. The highest BCUT2D eigenvalue weighted by atomic mass is 28.4. The Hall–Kier alpha value is -0.913. The third-order valence-electron chi connectivity index (χ3n) is 6.67. The normalized spacial score (nSPS) is 32.0. The Morgan fingerprint density at radius 3 is 2.63 bits per heavy atom. The summed E-state index contributed by atoms with van der Waals surface area (Å²) < 4.78 is 11.3. The summed E-state index contributed by atoms with van der Waals surface area (Å²) in [5.41, 5.74) is 1.05. The van der Waals surface area contributed by atoms with Gasteiger partial charge in [0, 0.05) is 6.61 Å². The first-order valence-electron chi connectivity index (χ1n) is 10.3. The van der Waals surface area contributed by atoms with E-state index in [0.29, 0.717) is 5.92 Å². The molecular formula is C22H38O4Si. The van der Waals surface area contributed by atoms with Crippen LogP contribution < -0.4 is 0 Å². The minimum atomic E-state index is -1.69. The van der Waals surface area contributed by atoms with Crippen molar-refractivity contribution in [3.63, 3.8) is 0 Å². The van der Waals surface area contributed by atoms with Crippen LogP contribution in [-0.2, 0) is 14.0 Å². The van der Waals surface area contributed by atoms with Crippen molar-refractivity contribution >= 4 is 14.3 Å². The number of fused-ring (bicyclic) bond motifs is 1. The lowest BCUT2D eigenvalue weighted by Crippen LogP contribution is -2.41. The fraction of sp³-hybridized carbons (Fsp3) is 0.773. The van der Waals surface area contributed by atoms with E-state index in [1.54, 1.807) is 0 Å². The molecule has 1 saturated carbocycles. The first kappa shape index (κ1) is 22.4. The van der Waals surface area contributed by atoms with Crippen molar-refractivity contribution in [1.29, 1.82) is 0 Å². The molecule has 0 aromatic heterocycles. The van der Waals surface area contributed by atoms with E-state index in [1.807, 2.05) is 6.08 Å². The van der Waals surface area contributed by atoms with E-state index in [0.717, 1.165) is 44.3 Å². The molecule has 0 aromatic rings. The fourth-order valence-corrected chi connectivity index (χ4v) is 4.97. The summed E-state index contributed by atoms with van der Waals surface area (Å²) in [6, 6.07) is 0. The maximum Gasteiger partial charge on any atom is 0.313 e. The van der Waals surface area contributed by atoms with Gasteiger partial charge in [-0.25, -0.2) is 0 Å². The van der Waals surface area contributed by atoms with Crippen molar-refractivity contribution in [3.05, 3.63) is 23.8 Å². The number of allylic oxidation sites excluding steroid dienone is 2. The third kappa shape index (κ3) is 5.55. The van der Waals surface area contributed by atoms with Crippen LogP contribution in [-0.4, -0.2) is 39.2 Å². The van der Waals surface area contributed by atoms with Crippen LogP contribution >= 0.6 is 0 Å². The second kappa shape index (κ2) is 9.06. The summed E-state index contributed by atoms with van der Waals surface area (Å²) in [5.74, 6) is 0.0156. The van der Waals surface area contributed by atoms with Crippen molar-refractivity contribution in [2.24, 2.45) is 17.8 Å². The van der Waals surface area contributed by atoms with Gasteiger partial charge in [0.15, 0.2) is 8.32 Å². The second-order valence-electron chi connectivity index (χ2n) is 9.59. The first-order chi connectivity index (χ1) is 12.6. The molecule has 2 aliphatic carbocycles. The van der Waals surface area contributed by atoms with E-state index in [2.05, 4.69) is 46.0 Å². The van der Waals surface area contributed by atoms with Crippen LogP contribution in [0.2, 0.25) is 18.1 Å². The molecule has 1 N–H and O–H groups in total. The minimum absolute atomic E-state index is 0.0787. The van der Waals surface area contributed by atoms with E-state index in [4.69, 9.17) is 9.16 Å². The lowest BCUT2D eigenvalue weighted by atomic mass is 9.81. The van der Waals surface area contributed by atoms with Crippen molar-refractivity contribution < 1.29 is 19.1 Å². The lowest BCUT2D eigenvalue weighted by molar-refractivity contribution is -0.144. The molecule has 2 rings (SSSR count). The van der Waals surface area contributed by atoms with Crippen molar-refractivity contribution in [3.8, 4) is 0 Å². The van der Waals surface area contributed by atoms with Crippen LogP contribution in [0.25, 0.3) is 0 Å². The number of ether oxygens (including phenoxy) is 1. The quantitative estimate of drug-likeness (QED) is 0.303. The maximum absolute atomic E-state index is 12.2. The molecule has 154 valence electrons. The zero-order valence-corrected chi connectivity index (χ0v) is 19.0. The molecule has 0 saturated heterocycles. The number of hydrogen-bond acceptors (Lipinski definition) is 4. The molecule has 0 unspecified atom stereocenters. The van der Waals surface area contributed by atoms with Gasteiger partial charge in [0.05, 0.1) is 19.1 Å². The second-order valence-corrected chi connectivity index (χ2v) is 14.4. The average molecular weight is 395 g/mol. The van der Waals surface area contributed by atoms with Gasteiger partial charge in [-0.2, -0.15) is 0 Å². The number of carbonyl (C=O) groups is 1. The highest BCUT2D eigenvalue weighted by molar-refractivity contribution is 6.74. The number of aliphatic hydroxyl groups excluding tert-OH is 1. The SMILES string of the molecule is COC(=O)[C@@H]1/C=C\C[C@@H](CCCO[Si](C)(C)C(C)(C)C)/C=C2\[C@H]1CC[C@@H]2O. The van der Waals surface area contributed by atoms with Crippen LogP contribution in [0.5, 0.6) is 0 Å². The van der Waals surface area contributed by atoms with Gasteiger partial charge < -0.3 is 14.3 Å². The summed E-state index contributed by atoms with van der Waals surface area (Å²) in [7, 11) is -0.249. The molecule has 5 heteroatoms. The highest BCUT2D eigenvalue weighted by Crippen LogP contribution is 2.41. The topological polar surface area (TPSA) is 55.8 Å². The van der Waals surface area contributed by atoms with Gasteiger partial charge in [-0.15, -0.1) is 0 Å². The smallest absolute Gasteiger partial charge is 0.313 e. The standard InChI is InChI=1S/C22H38O4Si/c1-22(2,3)27(5,6)26-14-8-10-16-9-7-11-18(21(24)25-4)17-12-13-20(23)19(17)15-16/h7,11,15-18,20,23H,8-10,12-14H2,1-6H3/b11-7-,19-15+/t16-,17-,18+,20-/m0/s1. The lowest BCUT2D eigenvalue weighted by Gasteiger charge is -2.36. The molecule has 0 aromatic carbocycles. The molecule has 1 fully saturated rings. The van der Waals surface area contributed by atoms with Gasteiger partial charge in [-0.1, -0.05) is 39.0 Å². The van der Waals surface area contributed by atoms with Crippen LogP contribution in [0.3, 0.4) is 0 Å². The largest absolute Gasteiger partial charge is 0.469 e. The van der Waals surface area contributed by atoms with Crippen LogP contribution in [0.1, 0.15) is 52.9 Å². The van der Waals surface area contributed by atoms with Crippen LogP contribution in [0.4, 0.5) is 0 Å². The van der Waals surface area contributed by atoms with Crippen molar-refractivity contribution in [2.45, 2.75) is 77.1 Å². The maximum atomic E-state index is 12.2. The summed E-state index contributed by atoms with van der Waals surface area (Å²) >= 11 is 0. The number of esters is 1. The Kier molecular flexibility index (Phi) is 7.51. The summed E-state index contributed by atoms with van der Waals surface area (Å²) in [6.45, 7) is 12.2. The minimum Gasteiger partial charge on any atom is -0.469 e. The molecule has 0 amide bonds. The average Bonchev–Trinajstić information content (AvgIpc) is 2.91. The molecule has 0 radical (unpaired) electrons. The first-order valence-corrected chi connectivity index (χ1v) is 13.3. The molecule has 0 bridgehead atoms. The number of hydrogen-bond donors (Lipinski definition) is 1. The number of rotatable bonds is 6. The van der Waals surface area contributed by atoms with Gasteiger partial charge >= 0.3 is 5.97 Å². The van der Waals surface area contributed by atoms with E-state index in [-0.39, 0.29) is 22.8 Å². The summed E-state index contributed by atoms with van der Waals surface area (Å²) in [6.07, 6.45) is 10.5. The van der Waals surface area contributed by atoms with Gasteiger partial charge in [0.1, 0.15) is 0 Å². The van der Waals surface area contributed by atoms with E-state index in [9.17, 15) is 9.90 Å². The fourth-order valence-electron chi connectivity index (χ4n) is 3.88. The summed E-state index contributed by atoms with van der Waals surface area (Å²) in [4.78, 5) is 12.2. The predicted octanol–water partition coefficient (Wildman–Crippen LogP) is 4.85. The van der Waals surface area contributed by atoms with Gasteiger partial charge in [0.2, 0.25) is 0 Å². The van der Waals surface area contributed by atoms with Crippen molar-refractivity contribution in [2.75, 3.05) is 13.7 Å². The molecular weight excluding hydrogens is 356 g/mol. The zero-order valence-electron chi connectivity index (χ0n) is 18.0. The van der Waals surface area contributed by atoms with Gasteiger partial charge in [-0.3, -0.25) is 4.79 Å². The van der Waals surface area contributed by atoms with E-state index in [1.165, 1.54) is 7.11 Å². The molecule has 2 aliphatic rings. The molecule has 0 spiro atoms. The Morgan fingerprint density at radius 1 is 1.30 bits per heavy atom. The van der Waals surface area contributed by atoms with E-state index >= 15 is 0 Å². The van der Waals surface area contributed by atoms with Gasteiger partial charge in [-0.05, 0) is 67.6 Å². The molecule has 0 heterocycles. The molecule has 4 atom stereocenters. The summed E-state index contributed by atoms with van der Waals surface area (Å²) in [5, 5.41) is 10.7. The third-order valence-corrected chi connectivity index (χ3v) is 11.2. The molecule has 4 nitrogen and oxygen atoms in total. The van der Waals surface area contributed by atoms with Crippen molar-refractivity contribution in [1.82, 2.24) is 0 Å². The van der Waals surface area contributed by atoms with Crippen LogP contribution in [0.15, 0.2) is 23.8 Å². The predicted molar refractivity (Wildman–Crippen MR) is 112 cm³/mol. The zero-order chi connectivity index (χ0) is 20.2. The Bertz CT molecular complexity index is 573. The van der Waals surface area contributed by atoms with Crippen LogP contribution in [0, 0.1) is 17.8 Å². The monoisotopic (exact) mass is 394 g/mol. The highest BCUT2D eigenvalue weighted by Gasteiger charge is 2.39. The number of methoxy groups -OCH3 is 1. The Balaban J connectivity index is 1.98. The number of carbonyl (C=O) groups excluding carboxylic acids is 1. The van der Waals surface area contributed by atoms with Gasteiger partial charge in [0.25, 0.3) is 0 Å². The Morgan fingerprint density at radius 2 is 2.00 bits per heavy atom. The van der Waals surface area contributed by atoms with E-state index < -0.39 is 14.4 Å².